The average molecular weight is 317 g/mol. The highest BCUT2D eigenvalue weighted by Crippen LogP contribution is 2.21. The van der Waals surface area contributed by atoms with Crippen LogP contribution in [0.5, 0.6) is 0 Å². The number of aromatic amines is 1. The quantitative estimate of drug-likeness (QED) is 0.640. The highest BCUT2D eigenvalue weighted by Gasteiger charge is 2.25. The third-order valence-corrected chi connectivity index (χ3v) is 3.76. The molecule has 1 aliphatic heterocycles. The molecule has 2 N–H and O–H groups in total. The van der Waals surface area contributed by atoms with Crippen LogP contribution in [0.15, 0.2) is 29.6 Å². The molecule has 3 rings (SSSR count). The van der Waals surface area contributed by atoms with Gasteiger partial charge >= 0.3 is 0 Å². The van der Waals surface area contributed by atoms with Crippen LogP contribution in [-0.4, -0.2) is 57.1 Å². The molecule has 2 aromatic rings. The molecule has 1 atom stereocenters. The van der Waals surface area contributed by atoms with Crippen LogP contribution in [-0.2, 0) is 18.3 Å². The Kier molecular flexibility index (Phi) is 4.92. The lowest BCUT2D eigenvalue weighted by atomic mass is 10.1. The SMILES string of the molecule is CCNC(=NCc1ccn[nH]1)N1CCOC(c2cnn(C)c2)C1. The fraction of sp³-hybridized carbons (Fsp3) is 0.533. The van der Waals surface area contributed by atoms with Crippen molar-refractivity contribution in [3.8, 4) is 0 Å². The van der Waals surface area contributed by atoms with Gasteiger partial charge in [0, 0.05) is 38.1 Å². The topological polar surface area (TPSA) is 83.4 Å². The summed E-state index contributed by atoms with van der Waals surface area (Å²) in [6, 6.07) is 1.94. The minimum absolute atomic E-state index is 0.0217. The second kappa shape index (κ2) is 7.28. The lowest BCUT2D eigenvalue weighted by Crippen LogP contribution is -2.48. The van der Waals surface area contributed by atoms with Crippen molar-refractivity contribution >= 4 is 5.96 Å². The molecule has 1 fully saturated rings. The maximum absolute atomic E-state index is 5.89. The number of nitrogens with zero attached hydrogens (tertiary/aromatic N) is 5. The highest BCUT2D eigenvalue weighted by atomic mass is 16.5. The molecule has 3 heterocycles. The molecule has 0 aliphatic carbocycles. The summed E-state index contributed by atoms with van der Waals surface area (Å²) in [6.07, 6.45) is 5.63. The van der Waals surface area contributed by atoms with Gasteiger partial charge < -0.3 is 15.0 Å². The third kappa shape index (κ3) is 3.89. The number of rotatable bonds is 4. The van der Waals surface area contributed by atoms with Gasteiger partial charge in [-0.05, 0) is 13.0 Å². The number of hydrogen-bond acceptors (Lipinski definition) is 4. The van der Waals surface area contributed by atoms with E-state index >= 15 is 0 Å². The number of hydrogen-bond donors (Lipinski definition) is 2. The molecule has 0 saturated carbocycles. The number of morpholine rings is 1. The van der Waals surface area contributed by atoms with E-state index in [1.54, 1.807) is 10.9 Å². The molecule has 1 aliphatic rings. The van der Waals surface area contributed by atoms with Crippen molar-refractivity contribution in [1.29, 1.82) is 0 Å². The van der Waals surface area contributed by atoms with Crippen molar-refractivity contribution in [2.45, 2.75) is 19.6 Å². The molecule has 23 heavy (non-hydrogen) atoms. The summed E-state index contributed by atoms with van der Waals surface area (Å²) < 4.78 is 7.69. The molecule has 1 unspecified atom stereocenters. The first-order valence-corrected chi connectivity index (χ1v) is 7.88. The van der Waals surface area contributed by atoms with Gasteiger partial charge in [-0.3, -0.25) is 9.78 Å². The van der Waals surface area contributed by atoms with Gasteiger partial charge in [-0.2, -0.15) is 10.2 Å². The Hall–Kier alpha value is -2.35. The molecule has 0 bridgehead atoms. The van der Waals surface area contributed by atoms with Crippen LogP contribution in [0.2, 0.25) is 0 Å². The van der Waals surface area contributed by atoms with Crippen molar-refractivity contribution in [3.05, 3.63) is 35.9 Å². The molecule has 0 amide bonds. The zero-order valence-electron chi connectivity index (χ0n) is 13.6. The molecule has 0 spiro atoms. The second-order valence-corrected chi connectivity index (χ2v) is 5.50. The minimum atomic E-state index is 0.0217. The van der Waals surface area contributed by atoms with Crippen molar-refractivity contribution in [2.75, 3.05) is 26.2 Å². The van der Waals surface area contributed by atoms with E-state index in [1.165, 1.54) is 0 Å². The first-order valence-electron chi connectivity index (χ1n) is 7.88. The predicted octanol–water partition coefficient (Wildman–Crippen LogP) is 0.682. The summed E-state index contributed by atoms with van der Waals surface area (Å²) in [4.78, 5) is 6.93. The van der Waals surface area contributed by atoms with Gasteiger partial charge in [0.2, 0.25) is 0 Å². The molecular weight excluding hydrogens is 294 g/mol. The molecule has 0 radical (unpaired) electrons. The summed E-state index contributed by atoms with van der Waals surface area (Å²) in [6.45, 7) is 5.75. The number of nitrogens with one attached hydrogen (secondary N) is 2. The summed E-state index contributed by atoms with van der Waals surface area (Å²) in [5.41, 5.74) is 2.10. The summed E-state index contributed by atoms with van der Waals surface area (Å²) in [7, 11) is 1.92. The van der Waals surface area contributed by atoms with Crippen LogP contribution in [0.1, 0.15) is 24.3 Å². The molecule has 8 heteroatoms. The van der Waals surface area contributed by atoms with E-state index in [0.29, 0.717) is 13.2 Å². The standard InChI is InChI=1S/C15H23N7O/c1-3-16-15(17-9-13-4-5-18-20-13)22-6-7-23-14(11-22)12-8-19-21(2)10-12/h4-5,8,10,14H,3,6-7,9,11H2,1-2H3,(H,16,17)(H,18,20). The van der Waals surface area contributed by atoms with E-state index in [2.05, 4.69) is 32.4 Å². The van der Waals surface area contributed by atoms with Gasteiger partial charge in [0.05, 0.1) is 31.6 Å². The Balaban J connectivity index is 1.69. The van der Waals surface area contributed by atoms with E-state index < -0.39 is 0 Å². The van der Waals surface area contributed by atoms with Crippen LogP contribution in [0.25, 0.3) is 0 Å². The monoisotopic (exact) mass is 317 g/mol. The Morgan fingerprint density at radius 2 is 2.48 bits per heavy atom. The number of aryl methyl sites for hydroxylation is 1. The van der Waals surface area contributed by atoms with Crippen molar-refractivity contribution in [2.24, 2.45) is 12.0 Å². The maximum Gasteiger partial charge on any atom is 0.194 e. The van der Waals surface area contributed by atoms with Crippen molar-refractivity contribution in [3.63, 3.8) is 0 Å². The van der Waals surface area contributed by atoms with E-state index in [1.807, 2.05) is 25.5 Å². The van der Waals surface area contributed by atoms with Gasteiger partial charge in [-0.15, -0.1) is 0 Å². The molecule has 2 aromatic heterocycles. The van der Waals surface area contributed by atoms with Crippen molar-refractivity contribution < 1.29 is 4.74 Å². The van der Waals surface area contributed by atoms with Gasteiger partial charge in [-0.25, -0.2) is 4.99 Å². The van der Waals surface area contributed by atoms with Gasteiger partial charge in [0.25, 0.3) is 0 Å². The number of aromatic nitrogens is 4. The molecule has 8 nitrogen and oxygen atoms in total. The Morgan fingerprint density at radius 1 is 1.57 bits per heavy atom. The molecule has 124 valence electrons. The normalized spacial score (nSPS) is 19.1. The summed E-state index contributed by atoms with van der Waals surface area (Å²) in [5, 5.41) is 14.5. The van der Waals surface area contributed by atoms with Gasteiger partial charge in [0.15, 0.2) is 5.96 Å². The first kappa shape index (κ1) is 15.5. The third-order valence-electron chi connectivity index (χ3n) is 3.76. The lowest BCUT2D eigenvalue weighted by molar-refractivity contribution is -0.00805. The van der Waals surface area contributed by atoms with Gasteiger partial charge in [-0.1, -0.05) is 0 Å². The van der Waals surface area contributed by atoms with Crippen LogP contribution < -0.4 is 5.32 Å². The first-order chi connectivity index (χ1) is 11.3. The van der Waals surface area contributed by atoms with E-state index in [4.69, 9.17) is 9.73 Å². The largest absolute Gasteiger partial charge is 0.370 e. The van der Waals surface area contributed by atoms with E-state index in [0.717, 1.165) is 36.9 Å². The number of H-pyrrole nitrogens is 1. The van der Waals surface area contributed by atoms with Crippen LogP contribution in [0.3, 0.4) is 0 Å². The average Bonchev–Trinajstić information content (AvgIpc) is 3.23. The van der Waals surface area contributed by atoms with E-state index in [9.17, 15) is 0 Å². The Labute approximate surface area is 135 Å². The van der Waals surface area contributed by atoms with Crippen LogP contribution in [0, 0.1) is 0 Å². The predicted molar refractivity (Wildman–Crippen MR) is 86.9 cm³/mol. The minimum Gasteiger partial charge on any atom is -0.370 e. The fourth-order valence-electron chi connectivity index (χ4n) is 2.61. The molecule has 1 saturated heterocycles. The zero-order chi connectivity index (χ0) is 16.1. The fourth-order valence-corrected chi connectivity index (χ4v) is 2.61. The van der Waals surface area contributed by atoms with E-state index in [-0.39, 0.29) is 6.10 Å². The van der Waals surface area contributed by atoms with Crippen LogP contribution >= 0.6 is 0 Å². The maximum atomic E-state index is 5.89. The number of aliphatic imine (C=N–C) groups is 1. The molecule has 0 aromatic carbocycles. The number of ether oxygens (including phenoxy) is 1. The van der Waals surface area contributed by atoms with Gasteiger partial charge in [0.1, 0.15) is 6.10 Å². The van der Waals surface area contributed by atoms with Crippen molar-refractivity contribution in [1.82, 2.24) is 30.2 Å². The second-order valence-electron chi connectivity index (χ2n) is 5.50. The Bertz CT molecular complexity index is 634. The number of guanidine groups is 1. The Morgan fingerprint density at radius 3 is 3.17 bits per heavy atom. The lowest BCUT2D eigenvalue weighted by Gasteiger charge is -2.34. The molecular formula is C15H23N7O. The van der Waals surface area contributed by atoms with Crippen LogP contribution in [0.4, 0.5) is 0 Å². The highest BCUT2D eigenvalue weighted by molar-refractivity contribution is 5.80. The smallest absolute Gasteiger partial charge is 0.194 e. The zero-order valence-corrected chi connectivity index (χ0v) is 13.6. The summed E-state index contributed by atoms with van der Waals surface area (Å²) in [5.74, 6) is 0.902. The summed E-state index contributed by atoms with van der Waals surface area (Å²) >= 11 is 0.